The summed E-state index contributed by atoms with van der Waals surface area (Å²) in [7, 11) is 0. The molecule has 1 fully saturated rings. The molecule has 1 atom stereocenters. The average Bonchev–Trinajstić information content (AvgIpc) is 2.84. The third-order valence-corrected chi connectivity index (χ3v) is 3.41. The molecule has 2 aliphatic rings. The molecule has 1 aromatic carbocycles. The molecule has 0 spiro atoms. The van der Waals surface area contributed by atoms with Crippen LogP contribution in [0.3, 0.4) is 0 Å². The van der Waals surface area contributed by atoms with Gasteiger partial charge in [-0.25, -0.2) is 0 Å². The molecule has 0 N–H and O–H groups in total. The molecule has 1 aliphatic carbocycles. The molecule has 86 valence electrons. The molecule has 1 heterocycles. The van der Waals surface area contributed by atoms with Crippen LogP contribution in [0.4, 0.5) is 0 Å². The molecule has 17 heavy (non-hydrogen) atoms. The number of ketones is 1. The Morgan fingerprint density at radius 1 is 1.00 bits per heavy atom. The Hall–Kier alpha value is -1.97. The van der Waals surface area contributed by atoms with Gasteiger partial charge in [-0.15, -0.1) is 0 Å². The zero-order valence-corrected chi connectivity index (χ0v) is 9.18. The second-order valence-electron chi connectivity index (χ2n) is 4.46. The summed E-state index contributed by atoms with van der Waals surface area (Å²) >= 11 is 0. The maximum Gasteiger partial charge on any atom is 0.261 e. The molecular formula is C13H11NO3. The van der Waals surface area contributed by atoms with E-state index in [1.165, 1.54) is 4.90 Å². The fourth-order valence-corrected chi connectivity index (χ4v) is 2.55. The minimum Gasteiger partial charge on any atom is -0.300 e. The third kappa shape index (κ3) is 1.40. The van der Waals surface area contributed by atoms with E-state index in [0.29, 0.717) is 30.4 Å². The monoisotopic (exact) mass is 229 g/mol. The zero-order chi connectivity index (χ0) is 12.0. The molecule has 0 saturated heterocycles. The molecule has 4 heteroatoms. The molecule has 1 aromatic rings. The van der Waals surface area contributed by atoms with Gasteiger partial charge in [0.05, 0.1) is 11.1 Å². The SMILES string of the molecule is O=C1CC[C@H](N2C(=O)c3ccccc3C2=O)C1. The number of carbonyl (C=O) groups excluding carboxylic acids is 3. The lowest BCUT2D eigenvalue weighted by atomic mass is 10.1. The van der Waals surface area contributed by atoms with Gasteiger partial charge in [0.2, 0.25) is 0 Å². The van der Waals surface area contributed by atoms with Gasteiger partial charge < -0.3 is 0 Å². The lowest BCUT2D eigenvalue weighted by Crippen LogP contribution is -2.38. The van der Waals surface area contributed by atoms with Crippen LogP contribution in [0.2, 0.25) is 0 Å². The van der Waals surface area contributed by atoms with Crippen LogP contribution in [-0.4, -0.2) is 28.5 Å². The number of Topliss-reactive ketones (excluding diaryl/α,β-unsaturated/α-hetero) is 1. The van der Waals surface area contributed by atoms with Gasteiger partial charge in [0.1, 0.15) is 5.78 Å². The Kier molecular flexibility index (Phi) is 2.11. The predicted octanol–water partition coefficient (Wildman–Crippen LogP) is 1.40. The number of imide groups is 1. The molecule has 1 aliphatic heterocycles. The number of benzene rings is 1. The normalized spacial score (nSPS) is 23.4. The summed E-state index contributed by atoms with van der Waals surface area (Å²) in [6.07, 6.45) is 1.38. The highest BCUT2D eigenvalue weighted by Crippen LogP contribution is 2.30. The number of amides is 2. The van der Waals surface area contributed by atoms with Gasteiger partial charge in [-0.3, -0.25) is 19.3 Å². The number of nitrogens with zero attached hydrogens (tertiary/aromatic N) is 1. The minimum atomic E-state index is -0.259. The zero-order valence-electron chi connectivity index (χ0n) is 9.18. The van der Waals surface area contributed by atoms with Crippen molar-refractivity contribution in [3.63, 3.8) is 0 Å². The van der Waals surface area contributed by atoms with Crippen molar-refractivity contribution in [1.82, 2.24) is 4.90 Å². The van der Waals surface area contributed by atoms with E-state index >= 15 is 0 Å². The predicted molar refractivity (Wildman–Crippen MR) is 59.6 cm³/mol. The van der Waals surface area contributed by atoms with Crippen molar-refractivity contribution in [3.05, 3.63) is 35.4 Å². The lowest BCUT2D eigenvalue weighted by molar-refractivity contribution is -0.117. The van der Waals surface area contributed by atoms with E-state index in [2.05, 4.69) is 0 Å². The summed E-state index contributed by atoms with van der Waals surface area (Å²) in [6, 6.07) is 6.56. The fourth-order valence-electron chi connectivity index (χ4n) is 2.55. The highest BCUT2D eigenvalue weighted by molar-refractivity contribution is 6.21. The Labute approximate surface area is 98.2 Å². The lowest BCUT2D eigenvalue weighted by Gasteiger charge is -2.20. The van der Waals surface area contributed by atoms with Gasteiger partial charge >= 0.3 is 0 Å². The number of fused-ring (bicyclic) bond motifs is 1. The van der Waals surface area contributed by atoms with E-state index in [4.69, 9.17) is 0 Å². The van der Waals surface area contributed by atoms with Crippen LogP contribution in [-0.2, 0) is 4.79 Å². The summed E-state index contributed by atoms with van der Waals surface area (Å²) < 4.78 is 0. The van der Waals surface area contributed by atoms with Crippen LogP contribution in [0.5, 0.6) is 0 Å². The van der Waals surface area contributed by atoms with E-state index in [-0.39, 0.29) is 23.6 Å². The second-order valence-corrected chi connectivity index (χ2v) is 4.46. The average molecular weight is 229 g/mol. The standard InChI is InChI=1S/C13H11NO3/c15-9-6-5-8(7-9)14-12(16)10-3-1-2-4-11(10)13(14)17/h1-4,8H,5-7H2/t8-/m0/s1. The maximum atomic E-state index is 12.1. The van der Waals surface area contributed by atoms with E-state index in [1.54, 1.807) is 24.3 Å². The quantitative estimate of drug-likeness (QED) is 0.684. The van der Waals surface area contributed by atoms with Crippen LogP contribution in [0.1, 0.15) is 40.0 Å². The molecule has 0 radical (unpaired) electrons. The van der Waals surface area contributed by atoms with Gasteiger partial charge in [-0.2, -0.15) is 0 Å². The highest BCUT2D eigenvalue weighted by atomic mass is 16.2. The minimum absolute atomic E-state index is 0.131. The van der Waals surface area contributed by atoms with Crippen molar-refractivity contribution >= 4 is 17.6 Å². The van der Waals surface area contributed by atoms with Crippen molar-refractivity contribution in [2.75, 3.05) is 0 Å². The summed E-state index contributed by atoms with van der Waals surface area (Å²) in [5, 5.41) is 0. The first-order valence-corrected chi connectivity index (χ1v) is 5.67. The largest absolute Gasteiger partial charge is 0.300 e. The Bertz CT molecular complexity index is 500. The summed E-state index contributed by atoms with van der Waals surface area (Å²) in [4.78, 5) is 36.7. The van der Waals surface area contributed by atoms with Crippen molar-refractivity contribution in [1.29, 1.82) is 0 Å². The molecule has 0 unspecified atom stereocenters. The Balaban J connectivity index is 1.98. The summed E-state index contributed by atoms with van der Waals surface area (Å²) in [5.41, 5.74) is 0.911. The van der Waals surface area contributed by atoms with Gasteiger partial charge in [0, 0.05) is 18.9 Å². The van der Waals surface area contributed by atoms with Crippen molar-refractivity contribution in [2.45, 2.75) is 25.3 Å². The van der Waals surface area contributed by atoms with Crippen LogP contribution in [0, 0.1) is 0 Å². The van der Waals surface area contributed by atoms with Crippen LogP contribution in [0.15, 0.2) is 24.3 Å². The molecule has 2 amide bonds. The van der Waals surface area contributed by atoms with E-state index in [0.717, 1.165) is 0 Å². The number of hydrogen-bond donors (Lipinski definition) is 0. The first-order valence-electron chi connectivity index (χ1n) is 5.67. The topological polar surface area (TPSA) is 54.5 Å². The molecule has 0 bridgehead atoms. The second kappa shape index (κ2) is 3.52. The van der Waals surface area contributed by atoms with Crippen LogP contribution in [0.25, 0.3) is 0 Å². The van der Waals surface area contributed by atoms with Gasteiger partial charge in [0.25, 0.3) is 11.8 Å². The number of carbonyl (C=O) groups is 3. The Morgan fingerprint density at radius 3 is 2.06 bits per heavy atom. The Morgan fingerprint density at radius 2 is 1.59 bits per heavy atom. The van der Waals surface area contributed by atoms with Crippen LogP contribution < -0.4 is 0 Å². The third-order valence-electron chi connectivity index (χ3n) is 3.41. The molecule has 3 rings (SSSR count). The first-order chi connectivity index (χ1) is 8.18. The fraction of sp³-hybridized carbons (Fsp3) is 0.308. The summed E-state index contributed by atoms with van der Waals surface area (Å²) in [6.45, 7) is 0. The van der Waals surface area contributed by atoms with E-state index in [9.17, 15) is 14.4 Å². The smallest absolute Gasteiger partial charge is 0.261 e. The maximum absolute atomic E-state index is 12.1. The van der Waals surface area contributed by atoms with Crippen LogP contribution >= 0.6 is 0 Å². The molecular weight excluding hydrogens is 218 g/mol. The van der Waals surface area contributed by atoms with E-state index in [1.807, 2.05) is 0 Å². The van der Waals surface area contributed by atoms with E-state index < -0.39 is 0 Å². The number of rotatable bonds is 1. The van der Waals surface area contributed by atoms with Crippen molar-refractivity contribution < 1.29 is 14.4 Å². The van der Waals surface area contributed by atoms with Gasteiger partial charge in [0.15, 0.2) is 0 Å². The van der Waals surface area contributed by atoms with Gasteiger partial charge in [-0.1, -0.05) is 12.1 Å². The van der Waals surface area contributed by atoms with Crippen molar-refractivity contribution in [2.24, 2.45) is 0 Å². The summed E-state index contributed by atoms with van der Waals surface area (Å²) in [5.74, 6) is -0.387. The molecule has 0 aromatic heterocycles. The first kappa shape index (κ1) is 10.2. The molecule has 1 saturated carbocycles. The molecule has 4 nitrogen and oxygen atoms in total. The van der Waals surface area contributed by atoms with Gasteiger partial charge in [-0.05, 0) is 18.6 Å². The van der Waals surface area contributed by atoms with Crippen molar-refractivity contribution in [3.8, 4) is 0 Å². The number of hydrogen-bond acceptors (Lipinski definition) is 3. The highest BCUT2D eigenvalue weighted by Gasteiger charge is 2.41.